The molecule has 0 aliphatic heterocycles. The van der Waals surface area contributed by atoms with Crippen LogP contribution in [0.3, 0.4) is 0 Å². The molecule has 7 heteroatoms. The summed E-state index contributed by atoms with van der Waals surface area (Å²) in [7, 11) is 0. The fourth-order valence-corrected chi connectivity index (χ4v) is 2.58. The van der Waals surface area contributed by atoms with Gasteiger partial charge in [-0.25, -0.2) is 4.79 Å². The molecule has 0 bridgehead atoms. The normalized spacial score (nSPS) is 11.0. The molecular weight excluding hydrogens is 292 g/mol. The lowest BCUT2D eigenvalue weighted by Gasteiger charge is -2.09. The minimum absolute atomic E-state index is 0.294. The molecule has 2 rings (SSSR count). The number of aromatic nitrogens is 4. The molecule has 0 aromatic carbocycles. The zero-order chi connectivity index (χ0) is 15.6. The number of hydrogen-bond donors (Lipinski definition) is 1. The van der Waals surface area contributed by atoms with Gasteiger partial charge in [-0.15, -0.1) is 0 Å². The molecule has 0 aliphatic carbocycles. The molecule has 0 atom stereocenters. The van der Waals surface area contributed by atoms with Crippen molar-refractivity contribution < 1.29 is 0 Å². The predicted octanol–water partition coefficient (Wildman–Crippen LogP) is 1.58. The third kappa shape index (κ3) is 2.95. The van der Waals surface area contributed by atoms with Crippen molar-refractivity contribution in [2.24, 2.45) is 0 Å². The molecule has 0 saturated carbocycles. The van der Waals surface area contributed by atoms with Crippen LogP contribution in [0, 0.1) is 0 Å². The van der Waals surface area contributed by atoms with Gasteiger partial charge in [0.2, 0.25) is 0 Å². The van der Waals surface area contributed by atoms with E-state index in [-0.39, 0.29) is 5.56 Å². The van der Waals surface area contributed by atoms with E-state index >= 15 is 0 Å². The highest BCUT2D eigenvalue weighted by atomic mass is 35.5. The molecule has 2 aromatic heterocycles. The molecule has 0 unspecified atom stereocenters. The minimum atomic E-state index is -0.435. The maximum atomic E-state index is 11.9. The molecule has 0 aliphatic rings. The largest absolute Gasteiger partial charge is 0.328 e. The Labute approximate surface area is 127 Å². The van der Waals surface area contributed by atoms with Gasteiger partial charge in [-0.2, -0.15) is 5.10 Å². The van der Waals surface area contributed by atoms with E-state index < -0.39 is 5.69 Å². The van der Waals surface area contributed by atoms with Crippen LogP contribution in [-0.4, -0.2) is 19.3 Å². The van der Waals surface area contributed by atoms with Crippen molar-refractivity contribution in [3.05, 3.63) is 49.0 Å². The molecule has 2 heterocycles. The summed E-state index contributed by atoms with van der Waals surface area (Å²) >= 11 is 6.34. The fraction of sp³-hybridized carbons (Fsp3) is 0.500. The summed E-state index contributed by atoms with van der Waals surface area (Å²) in [6.45, 7) is 6.80. The topological polar surface area (TPSA) is 72.7 Å². The lowest BCUT2D eigenvalue weighted by atomic mass is 10.2. The van der Waals surface area contributed by atoms with Gasteiger partial charge in [0.05, 0.1) is 23.0 Å². The molecule has 2 aromatic rings. The highest BCUT2D eigenvalue weighted by Crippen LogP contribution is 2.22. The minimum Gasteiger partial charge on any atom is -0.294 e. The highest BCUT2D eigenvalue weighted by Gasteiger charge is 2.15. The molecule has 0 saturated heterocycles. The third-order valence-electron chi connectivity index (χ3n) is 3.48. The molecule has 0 spiro atoms. The second kappa shape index (κ2) is 6.30. The van der Waals surface area contributed by atoms with E-state index in [0.717, 1.165) is 17.8 Å². The van der Waals surface area contributed by atoms with Crippen molar-refractivity contribution in [1.82, 2.24) is 19.3 Å². The van der Waals surface area contributed by atoms with E-state index in [1.54, 1.807) is 10.9 Å². The van der Waals surface area contributed by atoms with Gasteiger partial charge in [0.25, 0.3) is 5.56 Å². The summed E-state index contributed by atoms with van der Waals surface area (Å²) in [4.78, 5) is 25.9. The van der Waals surface area contributed by atoms with Crippen molar-refractivity contribution >= 4 is 11.6 Å². The van der Waals surface area contributed by atoms with Crippen LogP contribution in [0.2, 0.25) is 5.02 Å². The fourth-order valence-electron chi connectivity index (χ4n) is 2.25. The third-order valence-corrected chi connectivity index (χ3v) is 3.92. The zero-order valence-corrected chi connectivity index (χ0v) is 13.2. The van der Waals surface area contributed by atoms with Crippen molar-refractivity contribution in [3.63, 3.8) is 0 Å². The van der Waals surface area contributed by atoms with Crippen LogP contribution in [0.25, 0.3) is 0 Å². The van der Waals surface area contributed by atoms with Gasteiger partial charge >= 0.3 is 5.69 Å². The van der Waals surface area contributed by atoms with Crippen LogP contribution in [0.5, 0.6) is 0 Å². The van der Waals surface area contributed by atoms with Gasteiger partial charge in [0.15, 0.2) is 0 Å². The number of rotatable bonds is 5. The first kappa shape index (κ1) is 15.6. The van der Waals surface area contributed by atoms with E-state index in [0.29, 0.717) is 30.1 Å². The Bertz CT molecular complexity index is 757. The number of H-pyrrole nitrogens is 1. The quantitative estimate of drug-likeness (QED) is 0.911. The van der Waals surface area contributed by atoms with Crippen molar-refractivity contribution in [3.8, 4) is 0 Å². The SMILES string of the molecule is CCc1nn(CC)c(Cn2cc(CC)c(=O)[nH]c2=O)c1Cl. The Balaban J connectivity index is 2.50. The molecule has 0 amide bonds. The van der Waals surface area contributed by atoms with Crippen LogP contribution >= 0.6 is 11.6 Å². The van der Waals surface area contributed by atoms with Crippen LogP contribution < -0.4 is 11.2 Å². The van der Waals surface area contributed by atoms with Crippen molar-refractivity contribution in [1.29, 1.82) is 0 Å². The summed E-state index contributed by atoms with van der Waals surface area (Å²) in [5, 5.41) is 5.02. The number of nitrogens with zero attached hydrogens (tertiary/aromatic N) is 3. The molecule has 1 N–H and O–H groups in total. The number of hydrogen-bond acceptors (Lipinski definition) is 3. The Kier molecular flexibility index (Phi) is 4.67. The summed E-state index contributed by atoms with van der Waals surface area (Å²) in [5.74, 6) is 0. The van der Waals surface area contributed by atoms with Crippen LogP contribution in [-0.2, 0) is 25.9 Å². The van der Waals surface area contributed by atoms with E-state index in [4.69, 9.17) is 11.6 Å². The molecule has 114 valence electrons. The number of aromatic amines is 1. The Hall–Kier alpha value is -1.82. The number of aryl methyl sites for hydroxylation is 3. The van der Waals surface area contributed by atoms with Gasteiger partial charge in [-0.3, -0.25) is 19.0 Å². The lowest BCUT2D eigenvalue weighted by molar-refractivity contribution is 0.582. The number of nitrogens with one attached hydrogen (secondary N) is 1. The first-order valence-corrected chi connectivity index (χ1v) is 7.46. The van der Waals surface area contributed by atoms with Crippen LogP contribution in [0.1, 0.15) is 37.7 Å². The summed E-state index contributed by atoms with van der Waals surface area (Å²) in [6.07, 6.45) is 2.90. The van der Waals surface area contributed by atoms with Crippen molar-refractivity contribution in [2.75, 3.05) is 0 Å². The first-order valence-electron chi connectivity index (χ1n) is 7.08. The molecule has 6 nitrogen and oxygen atoms in total. The Morgan fingerprint density at radius 2 is 1.95 bits per heavy atom. The summed E-state index contributed by atoms with van der Waals surface area (Å²) in [6, 6.07) is 0. The van der Waals surface area contributed by atoms with E-state index in [1.807, 2.05) is 20.8 Å². The monoisotopic (exact) mass is 310 g/mol. The average Bonchev–Trinajstić information content (AvgIpc) is 2.77. The lowest BCUT2D eigenvalue weighted by Crippen LogP contribution is -2.32. The van der Waals surface area contributed by atoms with Crippen LogP contribution in [0.15, 0.2) is 15.8 Å². The molecule has 21 heavy (non-hydrogen) atoms. The maximum absolute atomic E-state index is 11.9. The number of halogens is 1. The molecule has 0 radical (unpaired) electrons. The van der Waals surface area contributed by atoms with E-state index in [9.17, 15) is 9.59 Å². The summed E-state index contributed by atoms with van der Waals surface area (Å²) in [5.41, 5.74) is 1.41. The van der Waals surface area contributed by atoms with Gasteiger partial charge in [-0.1, -0.05) is 25.4 Å². The van der Waals surface area contributed by atoms with Gasteiger partial charge in [-0.05, 0) is 19.8 Å². The van der Waals surface area contributed by atoms with E-state index in [1.165, 1.54) is 4.57 Å². The highest BCUT2D eigenvalue weighted by molar-refractivity contribution is 6.31. The van der Waals surface area contributed by atoms with Gasteiger partial charge in [0.1, 0.15) is 0 Å². The average molecular weight is 311 g/mol. The van der Waals surface area contributed by atoms with Crippen molar-refractivity contribution in [2.45, 2.75) is 46.7 Å². The molecular formula is C14H19ClN4O2. The Morgan fingerprint density at radius 1 is 1.24 bits per heavy atom. The Morgan fingerprint density at radius 3 is 2.52 bits per heavy atom. The predicted molar refractivity (Wildman–Crippen MR) is 82.1 cm³/mol. The zero-order valence-electron chi connectivity index (χ0n) is 12.4. The van der Waals surface area contributed by atoms with Gasteiger partial charge < -0.3 is 0 Å². The summed E-state index contributed by atoms with van der Waals surface area (Å²) < 4.78 is 3.26. The van der Waals surface area contributed by atoms with E-state index in [2.05, 4.69) is 10.1 Å². The smallest absolute Gasteiger partial charge is 0.294 e. The standard InChI is InChI=1S/C14H19ClN4O2/c1-4-9-7-18(14(21)16-13(9)20)8-11-12(15)10(5-2)17-19(11)6-3/h7H,4-6,8H2,1-3H3,(H,16,20,21). The maximum Gasteiger partial charge on any atom is 0.328 e. The van der Waals surface area contributed by atoms with Gasteiger partial charge in [0, 0.05) is 18.3 Å². The first-order chi connectivity index (χ1) is 10.0. The second-order valence-electron chi connectivity index (χ2n) is 4.77. The van der Waals surface area contributed by atoms with Crippen LogP contribution in [0.4, 0.5) is 0 Å². The molecule has 0 fully saturated rings. The second-order valence-corrected chi connectivity index (χ2v) is 5.15.